The summed E-state index contributed by atoms with van der Waals surface area (Å²) in [4.78, 5) is 23.6. The lowest BCUT2D eigenvalue weighted by molar-refractivity contribution is 0.0525. The van der Waals surface area contributed by atoms with Crippen LogP contribution >= 0.6 is 0 Å². The number of hydrogen-bond acceptors (Lipinski definition) is 9. The predicted molar refractivity (Wildman–Crippen MR) is 82.1 cm³/mol. The molecule has 0 aliphatic carbocycles. The highest BCUT2D eigenvalue weighted by Crippen LogP contribution is 2.39. The van der Waals surface area contributed by atoms with Crippen molar-refractivity contribution in [2.45, 2.75) is 6.92 Å². The Morgan fingerprint density at radius 2 is 1.24 bits per heavy atom. The third kappa shape index (κ3) is 3.66. The molecule has 0 aliphatic heterocycles. The minimum Gasteiger partial charge on any atom is -0.504 e. The Labute approximate surface area is 140 Å². The average Bonchev–Trinajstić information content (AvgIpc) is 2.55. The molecule has 0 saturated carbocycles. The van der Waals surface area contributed by atoms with Crippen LogP contribution in [-0.4, -0.2) is 44.1 Å². The third-order valence-corrected chi connectivity index (χ3v) is 3.06. The Bertz CT molecular complexity index is 795. The fraction of sp³-hybridized carbons (Fsp3) is 0.125. The van der Waals surface area contributed by atoms with Gasteiger partial charge in [-0.15, -0.1) is 0 Å². The van der Waals surface area contributed by atoms with E-state index in [0.717, 1.165) is 24.3 Å². The summed E-state index contributed by atoms with van der Waals surface area (Å²) in [5.41, 5.74) is -0.516. The quantitative estimate of drug-likeness (QED) is 0.314. The van der Waals surface area contributed by atoms with Crippen molar-refractivity contribution in [2.24, 2.45) is 0 Å². The van der Waals surface area contributed by atoms with E-state index in [-0.39, 0.29) is 17.7 Å². The molecule has 2 aromatic rings. The van der Waals surface area contributed by atoms with E-state index < -0.39 is 46.4 Å². The fourth-order valence-corrected chi connectivity index (χ4v) is 1.91. The molecule has 2 aromatic carbocycles. The molecule has 9 nitrogen and oxygen atoms in total. The highest BCUT2D eigenvalue weighted by molar-refractivity contribution is 5.94. The van der Waals surface area contributed by atoms with Crippen molar-refractivity contribution in [1.82, 2.24) is 0 Å². The van der Waals surface area contributed by atoms with Gasteiger partial charge in [0.1, 0.15) is 0 Å². The van der Waals surface area contributed by atoms with Crippen LogP contribution in [0.25, 0.3) is 0 Å². The van der Waals surface area contributed by atoms with Gasteiger partial charge >= 0.3 is 11.9 Å². The van der Waals surface area contributed by atoms with E-state index in [4.69, 9.17) is 9.47 Å². The lowest BCUT2D eigenvalue weighted by atomic mass is 10.1. The summed E-state index contributed by atoms with van der Waals surface area (Å²) in [6.07, 6.45) is 0. The van der Waals surface area contributed by atoms with Gasteiger partial charge in [0.2, 0.25) is 5.75 Å². The van der Waals surface area contributed by atoms with Crippen LogP contribution in [0.15, 0.2) is 24.3 Å². The van der Waals surface area contributed by atoms with E-state index >= 15 is 0 Å². The number of hydrogen-bond donors (Lipinski definition) is 5. The third-order valence-electron chi connectivity index (χ3n) is 3.06. The highest BCUT2D eigenvalue weighted by Gasteiger charge is 2.21. The van der Waals surface area contributed by atoms with Gasteiger partial charge in [-0.2, -0.15) is 0 Å². The lowest BCUT2D eigenvalue weighted by Crippen LogP contribution is -2.10. The number of phenolic OH excluding ortho intramolecular Hbond substituents is 5. The second-order valence-electron chi connectivity index (χ2n) is 4.82. The number of phenols is 5. The SMILES string of the molecule is CCOC(=O)c1cc(O)c(OC(=O)c2cc(O)c(O)c(O)c2)c(O)c1. The van der Waals surface area contributed by atoms with E-state index in [1.807, 2.05) is 0 Å². The van der Waals surface area contributed by atoms with Crippen molar-refractivity contribution >= 4 is 11.9 Å². The van der Waals surface area contributed by atoms with Gasteiger partial charge in [-0.05, 0) is 31.2 Å². The van der Waals surface area contributed by atoms with Crippen molar-refractivity contribution in [2.75, 3.05) is 6.61 Å². The van der Waals surface area contributed by atoms with Gasteiger partial charge in [-0.3, -0.25) is 0 Å². The molecule has 2 rings (SSSR count). The molecule has 0 saturated heterocycles. The summed E-state index contributed by atoms with van der Waals surface area (Å²) in [6.45, 7) is 1.67. The topological polar surface area (TPSA) is 154 Å². The zero-order valence-electron chi connectivity index (χ0n) is 12.9. The smallest absolute Gasteiger partial charge is 0.344 e. The Balaban J connectivity index is 2.31. The summed E-state index contributed by atoms with van der Waals surface area (Å²) in [6, 6.07) is 3.51. The summed E-state index contributed by atoms with van der Waals surface area (Å²) in [5, 5.41) is 47.7. The van der Waals surface area contributed by atoms with Crippen LogP contribution in [0.1, 0.15) is 27.6 Å². The van der Waals surface area contributed by atoms with Crippen LogP contribution in [-0.2, 0) is 4.74 Å². The first kappa shape index (κ1) is 17.7. The van der Waals surface area contributed by atoms with Gasteiger partial charge in [-0.25, -0.2) is 9.59 Å². The maximum atomic E-state index is 12.0. The summed E-state index contributed by atoms with van der Waals surface area (Å²) in [5.74, 6) is -6.34. The molecule has 0 amide bonds. The number of esters is 2. The van der Waals surface area contributed by atoms with Gasteiger partial charge in [0.05, 0.1) is 17.7 Å². The first-order valence-corrected chi connectivity index (χ1v) is 6.94. The van der Waals surface area contributed by atoms with Crippen LogP contribution in [0.3, 0.4) is 0 Å². The number of carbonyl (C=O) groups excluding carboxylic acids is 2. The molecule has 5 N–H and O–H groups in total. The van der Waals surface area contributed by atoms with Crippen molar-refractivity contribution in [3.05, 3.63) is 35.4 Å². The predicted octanol–water partition coefficient (Wildman–Crippen LogP) is 1.61. The van der Waals surface area contributed by atoms with Gasteiger partial charge in [0, 0.05) is 0 Å². The minimum atomic E-state index is -1.15. The minimum absolute atomic E-state index is 0.0882. The molecule has 0 fully saturated rings. The average molecular weight is 350 g/mol. The van der Waals surface area contributed by atoms with Gasteiger partial charge in [0.15, 0.2) is 28.7 Å². The zero-order valence-corrected chi connectivity index (χ0v) is 12.9. The first-order chi connectivity index (χ1) is 11.7. The molecule has 0 aliphatic rings. The van der Waals surface area contributed by atoms with Gasteiger partial charge < -0.3 is 35.0 Å². The molecule has 0 bridgehead atoms. The number of aromatic hydroxyl groups is 5. The Kier molecular flexibility index (Phi) is 4.87. The largest absolute Gasteiger partial charge is 0.504 e. The number of ether oxygens (including phenoxy) is 2. The highest BCUT2D eigenvalue weighted by atomic mass is 16.5. The lowest BCUT2D eigenvalue weighted by Gasteiger charge is -2.11. The van der Waals surface area contributed by atoms with Crippen molar-refractivity contribution in [3.63, 3.8) is 0 Å². The second kappa shape index (κ2) is 6.87. The monoisotopic (exact) mass is 350 g/mol. The summed E-state index contributed by atoms with van der Waals surface area (Å²) >= 11 is 0. The van der Waals surface area contributed by atoms with Crippen LogP contribution in [0.5, 0.6) is 34.5 Å². The maximum Gasteiger partial charge on any atom is 0.344 e. The van der Waals surface area contributed by atoms with E-state index in [2.05, 4.69) is 0 Å². The van der Waals surface area contributed by atoms with E-state index in [1.165, 1.54) is 0 Å². The summed E-state index contributed by atoms with van der Waals surface area (Å²) in [7, 11) is 0. The number of benzene rings is 2. The van der Waals surface area contributed by atoms with E-state index in [1.54, 1.807) is 6.92 Å². The fourth-order valence-electron chi connectivity index (χ4n) is 1.91. The molecule has 0 unspecified atom stereocenters. The van der Waals surface area contributed by atoms with E-state index in [0.29, 0.717) is 0 Å². The van der Waals surface area contributed by atoms with Crippen LogP contribution in [0, 0.1) is 0 Å². The molecule has 25 heavy (non-hydrogen) atoms. The standard InChI is InChI=1S/C16H14O9/c1-2-24-15(22)7-5-11(19)14(12(20)6-7)25-16(23)8-3-9(17)13(21)10(18)4-8/h3-6,17-21H,2H2,1H3. The van der Waals surface area contributed by atoms with Gasteiger partial charge in [0.25, 0.3) is 0 Å². The van der Waals surface area contributed by atoms with Crippen LogP contribution in [0.2, 0.25) is 0 Å². The number of rotatable bonds is 4. The molecule has 0 heterocycles. The zero-order chi connectivity index (χ0) is 18.7. The maximum absolute atomic E-state index is 12.0. The van der Waals surface area contributed by atoms with Crippen LogP contribution < -0.4 is 4.74 Å². The van der Waals surface area contributed by atoms with Crippen molar-refractivity contribution in [3.8, 4) is 34.5 Å². The molecule has 9 heteroatoms. The molecule has 0 radical (unpaired) electrons. The first-order valence-electron chi connectivity index (χ1n) is 6.94. The molecule has 0 spiro atoms. The number of carbonyl (C=O) groups is 2. The Morgan fingerprint density at radius 1 is 0.800 bits per heavy atom. The Morgan fingerprint density at radius 3 is 1.72 bits per heavy atom. The molecule has 0 atom stereocenters. The van der Waals surface area contributed by atoms with Crippen molar-refractivity contribution in [1.29, 1.82) is 0 Å². The molecule has 132 valence electrons. The summed E-state index contributed by atoms with van der Waals surface area (Å²) < 4.78 is 9.53. The molecule has 0 aromatic heterocycles. The van der Waals surface area contributed by atoms with Gasteiger partial charge in [-0.1, -0.05) is 0 Å². The Hall–Kier alpha value is -3.62. The van der Waals surface area contributed by atoms with E-state index in [9.17, 15) is 35.1 Å². The molecular formula is C16H14O9. The second-order valence-corrected chi connectivity index (χ2v) is 4.82. The van der Waals surface area contributed by atoms with Crippen molar-refractivity contribution < 1.29 is 44.6 Å². The molecular weight excluding hydrogens is 336 g/mol. The normalized spacial score (nSPS) is 10.3. The van der Waals surface area contributed by atoms with Crippen LogP contribution in [0.4, 0.5) is 0 Å².